The Morgan fingerprint density at radius 2 is 2.00 bits per heavy atom. The fourth-order valence-electron chi connectivity index (χ4n) is 4.08. The van der Waals surface area contributed by atoms with Crippen molar-refractivity contribution in [2.75, 3.05) is 13.6 Å². The van der Waals surface area contributed by atoms with Gasteiger partial charge in [0, 0.05) is 19.8 Å². The molecule has 28 heavy (non-hydrogen) atoms. The number of amides is 1. The lowest BCUT2D eigenvalue weighted by Crippen LogP contribution is -2.47. The van der Waals surface area contributed by atoms with Crippen molar-refractivity contribution >= 4 is 5.91 Å². The lowest BCUT2D eigenvalue weighted by Gasteiger charge is -2.23. The number of benzene rings is 1. The summed E-state index contributed by atoms with van der Waals surface area (Å²) in [6.45, 7) is 0.734. The predicted molar refractivity (Wildman–Crippen MR) is 96.5 cm³/mol. The molecule has 2 aliphatic heterocycles. The minimum atomic E-state index is -4.73. The fourth-order valence-corrected chi connectivity index (χ4v) is 4.08. The molecule has 4 rings (SSSR count). The number of hydrogen-bond donors (Lipinski definition) is 1. The molecule has 3 heterocycles. The molecule has 8 heteroatoms. The van der Waals surface area contributed by atoms with Crippen molar-refractivity contribution in [3.63, 3.8) is 0 Å². The van der Waals surface area contributed by atoms with Crippen LogP contribution in [0.15, 0.2) is 42.6 Å². The molecule has 148 valence electrons. The lowest BCUT2D eigenvalue weighted by atomic mass is 9.96. The maximum absolute atomic E-state index is 12.5. The van der Waals surface area contributed by atoms with E-state index >= 15 is 0 Å². The van der Waals surface area contributed by atoms with Gasteiger partial charge in [-0.25, -0.2) is 0 Å². The maximum atomic E-state index is 12.5. The van der Waals surface area contributed by atoms with E-state index in [2.05, 4.69) is 15.0 Å². The first-order chi connectivity index (χ1) is 13.3. The van der Waals surface area contributed by atoms with Gasteiger partial charge in [0.15, 0.2) is 0 Å². The Hall–Kier alpha value is -2.61. The Bertz CT molecular complexity index is 902. The standard InChI is InChI=1S/C20H20F3N3O2/c1-26-10-8-19(18(26)27)7-5-16(25-19)17-12-14(6-9-24-17)13-3-2-4-15(11-13)28-20(21,22)23/h2-4,6,9,11-12,16,25H,5,7-8,10H2,1H3/t16-,19-/m0/s1. The van der Waals surface area contributed by atoms with Crippen LogP contribution in [0.2, 0.25) is 0 Å². The van der Waals surface area contributed by atoms with E-state index in [1.165, 1.54) is 18.2 Å². The summed E-state index contributed by atoms with van der Waals surface area (Å²) in [5, 5.41) is 3.46. The molecule has 1 spiro atoms. The number of alkyl halides is 3. The van der Waals surface area contributed by atoms with Gasteiger partial charge in [0.1, 0.15) is 11.3 Å². The van der Waals surface area contributed by atoms with Crippen LogP contribution in [0.1, 0.15) is 31.0 Å². The largest absolute Gasteiger partial charge is 0.573 e. The summed E-state index contributed by atoms with van der Waals surface area (Å²) in [7, 11) is 1.81. The third-order valence-corrected chi connectivity index (χ3v) is 5.48. The highest BCUT2D eigenvalue weighted by atomic mass is 19.4. The topological polar surface area (TPSA) is 54.5 Å². The molecule has 0 radical (unpaired) electrons. The van der Waals surface area contributed by atoms with Crippen LogP contribution in [-0.2, 0) is 4.79 Å². The van der Waals surface area contributed by atoms with Crippen molar-refractivity contribution < 1.29 is 22.7 Å². The first-order valence-electron chi connectivity index (χ1n) is 9.11. The van der Waals surface area contributed by atoms with Crippen molar-refractivity contribution in [2.24, 2.45) is 0 Å². The summed E-state index contributed by atoms with van der Waals surface area (Å²) in [5.74, 6) is -0.149. The van der Waals surface area contributed by atoms with E-state index in [1.54, 1.807) is 30.3 Å². The van der Waals surface area contributed by atoms with Gasteiger partial charge in [-0.3, -0.25) is 15.1 Å². The van der Waals surface area contributed by atoms with Crippen molar-refractivity contribution in [2.45, 2.75) is 37.2 Å². The molecule has 5 nitrogen and oxygen atoms in total. The van der Waals surface area contributed by atoms with E-state index in [4.69, 9.17) is 0 Å². The third-order valence-electron chi connectivity index (χ3n) is 5.48. The molecule has 1 N–H and O–H groups in total. The van der Waals surface area contributed by atoms with Crippen LogP contribution >= 0.6 is 0 Å². The average Bonchev–Trinajstić information content (AvgIpc) is 3.21. The van der Waals surface area contributed by atoms with Gasteiger partial charge in [-0.05, 0) is 54.7 Å². The number of rotatable bonds is 3. The number of likely N-dealkylation sites (N-methyl/N-ethyl adjacent to an activating group) is 1. The number of likely N-dealkylation sites (tertiary alicyclic amines) is 1. The van der Waals surface area contributed by atoms with Crippen LogP contribution in [0.3, 0.4) is 0 Å². The molecule has 2 fully saturated rings. The zero-order valence-corrected chi connectivity index (χ0v) is 15.3. The Balaban J connectivity index is 1.56. The van der Waals surface area contributed by atoms with Gasteiger partial charge in [-0.15, -0.1) is 13.2 Å². The lowest BCUT2D eigenvalue weighted by molar-refractivity contribution is -0.274. The van der Waals surface area contributed by atoms with Gasteiger partial charge in [0.2, 0.25) is 5.91 Å². The van der Waals surface area contributed by atoms with E-state index < -0.39 is 11.9 Å². The smallest absolute Gasteiger partial charge is 0.406 e. The second-order valence-corrected chi connectivity index (χ2v) is 7.34. The van der Waals surface area contributed by atoms with Crippen LogP contribution in [-0.4, -0.2) is 41.3 Å². The molecule has 1 aromatic carbocycles. The molecule has 1 aromatic heterocycles. The highest BCUT2D eigenvalue weighted by molar-refractivity contribution is 5.88. The predicted octanol–water partition coefficient (Wildman–Crippen LogP) is 3.67. The number of aromatic nitrogens is 1. The number of pyridine rings is 1. The minimum absolute atomic E-state index is 0.0648. The monoisotopic (exact) mass is 391 g/mol. The zero-order valence-electron chi connectivity index (χ0n) is 15.3. The van der Waals surface area contributed by atoms with Gasteiger partial charge < -0.3 is 9.64 Å². The fraction of sp³-hybridized carbons (Fsp3) is 0.400. The molecule has 2 atom stereocenters. The molecule has 0 bridgehead atoms. The molecule has 1 amide bonds. The van der Waals surface area contributed by atoms with E-state index in [-0.39, 0.29) is 17.7 Å². The van der Waals surface area contributed by atoms with Crippen LogP contribution in [0.5, 0.6) is 5.75 Å². The van der Waals surface area contributed by atoms with E-state index in [0.29, 0.717) is 5.56 Å². The summed E-state index contributed by atoms with van der Waals surface area (Å²) in [5.41, 5.74) is 1.61. The first-order valence-corrected chi connectivity index (χ1v) is 9.11. The van der Waals surface area contributed by atoms with Gasteiger partial charge in [-0.1, -0.05) is 12.1 Å². The average molecular weight is 391 g/mol. The molecule has 2 aromatic rings. The summed E-state index contributed by atoms with van der Waals surface area (Å²) in [6, 6.07) is 9.40. The molecule has 2 aliphatic rings. The van der Waals surface area contributed by atoms with Gasteiger partial charge in [0.05, 0.1) is 11.7 Å². The highest BCUT2D eigenvalue weighted by Crippen LogP contribution is 2.39. The molecular weight excluding hydrogens is 371 g/mol. The van der Waals surface area contributed by atoms with Crippen LogP contribution in [0.4, 0.5) is 13.2 Å². The Labute approximate surface area is 160 Å². The number of nitrogens with one attached hydrogen (secondary N) is 1. The van der Waals surface area contributed by atoms with E-state index in [9.17, 15) is 18.0 Å². The molecular formula is C20H20F3N3O2. The number of halogens is 3. The van der Waals surface area contributed by atoms with Crippen molar-refractivity contribution in [1.29, 1.82) is 0 Å². The Kier molecular flexibility index (Phi) is 4.53. The third kappa shape index (κ3) is 3.56. The minimum Gasteiger partial charge on any atom is -0.406 e. The summed E-state index contributed by atoms with van der Waals surface area (Å²) in [4.78, 5) is 18.7. The van der Waals surface area contributed by atoms with Crippen LogP contribution in [0.25, 0.3) is 11.1 Å². The maximum Gasteiger partial charge on any atom is 0.573 e. The van der Waals surface area contributed by atoms with Crippen molar-refractivity contribution in [1.82, 2.24) is 15.2 Å². The Morgan fingerprint density at radius 1 is 1.21 bits per heavy atom. The SMILES string of the molecule is CN1CC[C@@]2(CC[C@@H](c3cc(-c4cccc(OC(F)(F)F)c4)ccn3)N2)C1=O. The summed E-state index contributed by atoms with van der Waals surface area (Å²) >= 11 is 0. The van der Waals surface area contributed by atoms with E-state index in [1.807, 2.05) is 6.07 Å². The van der Waals surface area contributed by atoms with Gasteiger partial charge in [0.25, 0.3) is 0 Å². The molecule has 0 aliphatic carbocycles. The summed E-state index contributed by atoms with van der Waals surface area (Å²) < 4.78 is 41.4. The number of carbonyl (C=O) groups is 1. The van der Waals surface area contributed by atoms with Gasteiger partial charge in [-0.2, -0.15) is 0 Å². The van der Waals surface area contributed by atoms with Crippen molar-refractivity contribution in [3.8, 4) is 16.9 Å². The number of carbonyl (C=O) groups excluding carboxylic acids is 1. The number of ether oxygens (including phenoxy) is 1. The second kappa shape index (κ2) is 6.77. The van der Waals surface area contributed by atoms with Crippen molar-refractivity contribution in [3.05, 3.63) is 48.3 Å². The first kappa shape index (κ1) is 18.7. The molecule has 0 unspecified atom stereocenters. The quantitative estimate of drug-likeness (QED) is 0.868. The second-order valence-electron chi connectivity index (χ2n) is 7.34. The highest BCUT2D eigenvalue weighted by Gasteiger charge is 2.50. The van der Waals surface area contributed by atoms with Crippen LogP contribution < -0.4 is 10.1 Å². The molecule has 2 saturated heterocycles. The number of nitrogens with zero attached hydrogens (tertiary/aromatic N) is 2. The Morgan fingerprint density at radius 3 is 2.71 bits per heavy atom. The summed E-state index contributed by atoms with van der Waals surface area (Å²) in [6.07, 6.45) is -0.785. The zero-order chi connectivity index (χ0) is 19.9. The van der Waals surface area contributed by atoms with Gasteiger partial charge >= 0.3 is 6.36 Å². The van der Waals surface area contributed by atoms with Crippen LogP contribution in [0, 0.1) is 0 Å². The molecule has 0 saturated carbocycles. The number of hydrogen-bond acceptors (Lipinski definition) is 4. The van der Waals surface area contributed by atoms with E-state index in [0.717, 1.165) is 37.1 Å². The normalized spacial score (nSPS) is 24.9.